The Morgan fingerprint density at radius 1 is 1.28 bits per heavy atom. The summed E-state index contributed by atoms with van der Waals surface area (Å²) in [7, 11) is 0.585. The van der Waals surface area contributed by atoms with Crippen LogP contribution in [0.5, 0.6) is 0 Å². The Balaban J connectivity index is 2.35. The number of rotatable bonds is 9. The molecular weight excluding hydrogens is 342 g/mol. The average molecular weight is 372 g/mol. The highest BCUT2D eigenvalue weighted by Gasteiger charge is 2.19. The molecule has 0 unspecified atom stereocenters. The molecule has 0 radical (unpaired) electrons. The molecule has 0 bridgehead atoms. The van der Waals surface area contributed by atoms with Crippen LogP contribution in [0.2, 0.25) is 0 Å². The number of carbonyl (C=O) groups excluding carboxylic acids is 1. The Hall–Kier alpha value is -1.87. The van der Waals surface area contributed by atoms with Gasteiger partial charge in [0.2, 0.25) is 10.0 Å². The number of pyridine rings is 1. The fourth-order valence-electron chi connectivity index (χ4n) is 2.30. The highest BCUT2D eigenvalue weighted by Crippen LogP contribution is 2.09. The summed E-state index contributed by atoms with van der Waals surface area (Å²) in [6.07, 6.45) is 3.46. The molecule has 2 amide bonds. The van der Waals surface area contributed by atoms with Gasteiger partial charge in [0.25, 0.3) is 0 Å². The van der Waals surface area contributed by atoms with E-state index in [1.165, 1.54) is 10.6 Å². The van der Waals surface area contributed by atoms with E-state index in [1.54, 1.807) is 6.20 Å². The molecule has 0 aliphatic heterocycles. The number of urea groups is 1. The fraction of sp³-hybridized carbons (Fsp3) is 0.625. The molecule has 25 heavy (non-hydrogen) atoms. The lowest BCUT2D eigenvalue weighted by Crippen LogP contribution is -2.40. The molecule has 0 saturated carbocycles. The van der Waals surface area contributed by atoms with Gasteiger partial charge >= 0.3 is 6.03 Å². The van der Waals surface area contributed by atoms with Crippen molar-refractivity contribution in [2.75, 3.05) is 38.3 Å². The summed E-state index contributed by atoms with van der Waals surface area (Å²) in [6.45, 7) is 4.85. The van der Waals surface area contributed by atoms with Crippen molar-refractivity contribution in [2.45, 2.75) is 32.9 Å². The van der Waals surface area contributed by atoms with Crippen LogP contribution in [0.3, 0.4) is 0 Å². The first-order valence-electron chi connectivity index (χ1n) is 8.22. The Kier molecular flexibility index (Phi) is 8.11. The molecule has 1 aromatic heterocycles. The fourth-order valence-corrected chi connectivity index (χ4v) is 3.53. The van der Waals surface area contributed by atoms with Crippen molar-refractivity contribution >= 4 is 21.9 Å². The number of anilines is 1. The summed E-state index contributed by atoms with van der Waals surface area (Å²) in [5, 5.41) is 5.52. The molecule has 0 fully saturated rings. The van der Waals surface area contributed by atoms with E-state index in [2.05, 4.69) is 15.6 Å². The molecule has 142 valence electrons. The zero-order valence-electron chi connectivity index (χ0n) is 15.6. The Labute approximate surface area is 150 Å². The van der Waals surface area contributed by atoms with E-state index >= 15 is 0 Å². The van der Waals surface area contributed by atoms with Gasteiger partial charge in [-0.2, -0.15) is 4.31 Å². The summed E-state index contributed by atoms with van der Waals surface area (Å²) in [6, 6.07) is 3.38. The van der Waals surface area contributed by atoms with E-state index in [-0.39, 0.29) is 12.1 Å². The van der Waals surface area contributed by atoms with Crippen LogP contribution >= 0.6 is 0 Å². The normalized spacial score (nSPS) is 11.6. The summed E-state index contributed by atoms with van der Waals surface area (Å²) >= 11 is 0. The zero-order valence-corrected chi connectivity index (χ0v) is 16.4. The lowest BCUT2D eigenvalue weighted by Gasteiger charge is -2.23. The molecule has 0 aromatic carbocycles. The maximum Gasteiger partial charge on any atom is 0.315 e. The quantitative estimate of drug-likeness (QED) is 0.632. The van der Waals surface area contributed by atoms with Gasteiger partial charge in [-0.05, 0) is 38.0 Å². The number of amides is 2. The van der Waals surface area contributed by atoms with Gasteiger partial charge in [0.05, 0.1) is 6.26 Å². The average Bonchev–Trinajstić information content (AvgIpc) is 2.51. The van der Waals surface area contributed by atoms with E-state index in [9.17, 15) is 13.2 Å². The molecule has 0 saturated heterocycles. The second kappa shape index (κ2) is 9.57. The van der Waals surface area contributed by atoms with E-state index in [1.807, 2.05) is 45.0 Å². The largest absolute Gasteiger partial charge is 0.363 e. The maximum absolute atomic E-state index is 11.8. The van der Waals surface area contributed by atoms with Crippen molar-refractivity contribution in [3.8, 4) is 0 Å². The topological polar surface area (TPSA) is 94.6 Å². The summed E-state index contributed by atoms with van der Waals surface area (Å²) in [4.78, 5) is 17.9. The van der Waals surface area contributed by atoms with Crippen molar-refractivity contribution in [2.24, 2.45) is 0 Å². The van der Waals surface area contributed by atoms with Crippen LogP contribution in [0, 0.1) is 0 Å². The van der Waals surface area contributed by atoms with Crippen LogP contribution < -0.4 is 15.5 Å². The van der Waals surface area contributed by atoms with Gasteiger partial charge < -0.3 is 15.5 Å². The van der Waals surface area contributed by atoms with Gasteiger partial charge in [-0.25, -0.2) is 18.2 Å². The molecule has 2 N–H and O–H groups in total. The zero-order chi connectivity index (χ0) is 19.0. The molecule has 0 spiro atoms. The Morgan fingerprint density at radius 3 is 2.52 bits per heavy atom. The van der Waals surface area contributed by atoms with Gasteiger partial charge in [0.15, 0.2) is 0 Å². The van der Waals surface area contributed by atoms with Crippen LogP contribution in [0.4, 0.5) is 10.6 Å². The first-order chi connectivity index (χ1) is 11.6. The van der Waals surface area contributed by atoms with E-state index in [4.69, 9.17) is 0 Å². The Morgan fingerprint density at radius 2 is 1.96 bits per heavy atom. The van der Waals surface area contributed by atoms with Crippen LogP contribution in [0.1, 0.15) is 25.8 Å². The standard InChI is InChI=1S/C16H29N5O3S/c1-13(2)21(25(5,23)24)10-6-8-18-16(22)19-12-14-7-9-17-15(11-14)20(3)4/h7,9,11,13H,6,8,10,12H2,1-5H3,(H2,18,19,22). The molecule has 8 nitrogen and oxygen atoms in total. The summed E-state index contributed by atoms with van der Waals surface area (Å²) in [5.41, 5.74) is 0.955. The molecule has 0 aliphatic carbocycles. The predicted molar refractivity (Wildman–Crippen MR) is 100 cm³/mol. The molecule has 0 atom stereocenters. The van der Waals surface area contributed by atoms with E-state index in [0.717, 1.165) is 11.4 Å². The number of hydrogen-bond donors (Lipinski definition) is 2. The minimum absolute atomic E-state index is 0.0959. The first kappa shape index (κ1) is 21.2. The molecule has 1 heterocycles. The lowest BCUT2D eigenvalue weighted by atomic mass is 10.2. The third kappa shape index (κ3) is 7.70. The number of hydrogen-bond acceptors (Lipinski definition) is 5. The van der Waals surface area contributed by atoms with Gasteiger partial charge in [-0.3, -0.25) is 0 Å². The monoisotopic (exact) mass is 371 g/mol. The van der Waals surface area contributed by atoms with Crippen molar-refractivity contribution in [3.63, 3.8) is 0 Å². The minimum Gasteiger partial charge on any atom is -0.363 e. The van der Waals surface area contributed by atoms with E-state index < -0.39 is 10.0 Å². The van der Waals surface area contributed by atoms with Crippen molar-refractivity contribution < 1.29 is 13.2 Å². The number of carbonyl (C=O) groups is 1. The lowest BCUT2D eigenvalue weighted by molar-refractivity contribution is 0.240. The van der Waals surface area contributed by atoms with Crippen LogP contribution in [-0.2, 0) is 16.6 Å². The second-order valence-corrected chi connectivity index (χ2v) is 8.28. The van der Waals surface area contributed by atoms with Crippen LogP contribution in [-0.4, -0.2) is 63.2 Å². The Bertz CT molecular complexity index is 661. The van der Waals surface area contributed by atoms with Gasteiger partial charge in [0.1, 0.15) is 5.82 Å². The van der Waals surface area contributed by atoms with Crippen LogP contribution in [0.25, 0.3) is 0 Å². The summed E-state index contributed by atoms with van der Waals surface area (Å²) in [5.74, 6) is 0.828. The smallest absolute Gasteiger partial charge is 0.315 e. The van der Waals surface area contributed by atoms with Crippen molar-refractivity contribution in [1.82, 2.24) is 19.9 Å². The maximum atomic E-state index is 11.8. The number of sulfonamides is 1. The molecule has 0 aliphatic rings. The molecule has 9 heteroatoms. The van der Waals surface area contributed by atoms with Gasteiger partial charge in [-0.1, -0.05) is 0 Å². The van der Waals surface area contributed by atoms with Crippen LogP contribution in [0.15, 0.2) is 18.3 Å². The highest BCUT2D eigenvalue weighted by molar-refractivity contribution is 7.88. The molecular formula is C16H29N5O3S. The number of nitrogens with one attached hydrogen (secondary N) is 2. The molecule has 1 aromatic rings. The van der Waals surface area contributed by atoms with E-state index in [0.29, 0.717) is 26.1 Å². The number of nitrogens with zero attached hydrogens (tertiary/aromatic N) is 3. The highest BCUT2D eigenvalue weighted by atomic mass is 32.2. The SMILES string of the molecule is CC(C)N(CCCNC(=O)NCc1ccnc(N(C)C)c1)S(C)(=O)=O. The second-order valence-electron chi connectivity index (χ2n) is 6.35. The predicted octanol–water partition coefficient (Wildman–Crippen LogP) is 1.01. The third-order valence-electron chi connectivity index (χ3n) is 3.56. The first-order valence-corrected chi connectivity index (χ1v) is 10.1. The van der Waals surface area contributed by atoms with Gasteiger partial charge in [-0.15, -0.1) is 0 Å². The van der Waals surface area contributed by atoms with Crippen molar-refractivity contribution in [1.29, 1.82) is 0 Å². The van der Waals surface area contributed by atoms with Crippen molar-refractivity contribution in [3.05, 3.63) is 23.9 Å². The molecule has 1 rings (SSSR count). The minimum atomic E-state index is -3.23. The third-order valence-corrected chi connectivity index (χ3v) is 5.02. The number of aromatic nitrogens is 1. The summed E-state index contributed by atoms with van der Waals surface area (Å²) < 4.78 is 24.7. The van der Waals surface area contributed by atoms with Gasteiger partial charge in [0, 0.05) is 46.0 Å².